The third kappa shape index (κ3) is 4.96. The number of amides is 2. The maximum Gasteiger partial charge on any atom is 0.260 e. The fraction of sp³-hybridized carbons (Fsp3) is 0.161. The molecule has 0 spiro atoms. The number of hydrogen-bond acceptors (Lipinski definition) is 4. The second-order valence-corrected chi connectivity index (χ2v) is 9.62. The fourth-order valence-corrected chi connectivity index (χ4v) is 4.86. The van der Waals surface area contributed by atoms with Crippen LogP contribution in [0, 0.1) is 6.92 Å². The number of nitrogens with two attached hydrogens (primary N) is 1. The van der Waals surface area contributed by atoms with Crippen molar-refractivity contribution >= 4 is 39.2 Å². The van der Waals surface area contributed by atoms with E-state index in [4.69, 9.17) is 5.73 Å². The molecule has 8 nitrogen and oxygen atoms in total. The van der Waals surface area contributed by atoms with Crippen LogP contribution in [0.25, 0.3) is 38.5 Å². The Balaban J connectivity index is 0.000000214. The Morgan fingerprint density at radius 1 is 0.974 bits per heavy atom. The molecule has 0 unspecified atom stereocenters. The van der Waals surface area contributed by atoms with Gasteiger partial charge in [0.2, 0.25) is 5.91 Å². The van der Waals surface area contributed by atoms with Crippen molar-refractivity contribution in [1.82, 2.24) is 19.4 Å². The first-order valence-corrected chi connectivity index (χ1v) is 12.6. The minimum Gasteiger partial charge on any atom is -0.366 e. The molecule has 5 aromatic rings. The van der Waals surface area contributed by atoms with E-state index in [1.165, 1.54) is 10.9 Å². The number of nitrogens with zero attached hydrogens (tertiary/aromatic N) is 3. The molecule has 0 fully saturated rings. The van der Waals surface area contributed by atoms with Crippen LogP contribution in [0.3, 0.4) is 0 Å². The van der Waals surface area contributed by atoms with Crippen LogP contribution < -0.4 is 11.3 Å². The summed E-state index contributed by atoms with van der Waals surface area (Å²) in [5.74, 6) is -0.411. The van der Waals surface area contributed by atoms with Gasteiger partial charge in [0.1, 0.15) is 0 Å². The van der Waals surface area contributed by atoms with E-state index < -0.39 is 5.91 Å². The Labute approximate surface area is 225 Å². The quantitative estimate of drug-likeness (QED) is 0.367. The number of benzene rings is 3. The predicted octanol–water partition coefficient (Wildman–Crippen LogP) is 4.42. The van der Waals surface area contributed by atoms with Crippen LogP contribution in [-0.4, -0.2) is 44.3 Å². The lowest BCUT2D eigenvalue weighted by Crippen LogP contribution is -2.25. The number of hydrogen-bond donors (Lipinski definition) is 2. The second-order valence-electron chi connectivity index (χ2n) is 9.62. The molecule has 0 atom stereocenters. The van der Waals surface area contributed by atoms with Crippen molar-refractivity contribution < 1.29 is 9.59 Å². The highest BCUT2D eigenvalue weighted by Crippen LogP contribution is 2.35. The van der Waals surface area contributed by atoms with Crippen molar-refractivity contribution in [3.8, 4) is 11.1 Å². The Bertz CT molecular complexity index is 1830. The van der Waals surface area contributed by atoms with Crippen molar-refractivity contribution in [2.24, 2.45) is 12.8 Å². The van der Waals surface area contributed by atoms with E-state index >= 15 is 0 Å². The normalized spacial score (nSPS) is 12.8. The molecular weight excluding hydrogens is 490 g/mol. The van der Waals surface area contributed by atoms with Gasteiger partial charge in [-0.15, -0.1) is 0 Å². The molecule has 0 aliphatic carbocycles. The first-order chi connectivity index (χ1) is 18.7. The van der Waals surface area contributed by atoms with Crippen LogP contribution >= 0.6 is 0 Å². The third-order valence-electron chi connectivity index (χ3n) is 7.03. The highest BCUT2D eigenvalue weighted by Gasteiger charge is 2.21. The molecular formula is C31H29N5O3. The first-order valence-electron chi connectivity index (χ1n) is 12.6. The average Bonchev–Trinajstić information content (AvgIpc) is 3.59. The number of aryl methyl sites for hydroxylation is 2. The molecule has 0 saturated heterocycles. The number of para-hydroxylation sites is 1. The summed E-state index contributed by atoms with van der Waals surface area (Å²) in [6.45, 7) is 4.81. The topological polar surface area (TPSA) is 114 Å². The summed E-state index contributed by atoms with van der Waals surface area (Å²) in [7, 11) is 1.70. The van der Waals surface area contributed by atoms with Crippen LogP contribution in [0.15, 0.2) is 83.9 Å². The van der Waals surface area contributed by atoms with Crippen LogP contribution in [-0.2, 0) is 11.8 Å². The lowest BCUT2D eigenvalue weighted by molar-refractivity contribution is -0.127. The molecule has 196 valence electrons. The number of carbonyl (C=O) groups is 2. The number of aromatic amines is 1. The summed E-state index contributed by atoms with van der Waals surface area (Å²) in [5.41, 5.74) is 12.9. The van der Waals surface area contributed by atoms with Gasteiger partial charge in [-0.1, -0.05) is 48.5 Å². The van der Waals surface area contributed by atoms with E-state index in [2.05, 4.69) is 35.1 Å². The number of aromatic nitrogens is 3. The minimum absolute atomic E-state index is 0.000556. The molecule has 3 heterocycles. The molecule has 3 aromatic carbocycles. The third-order valence-corrected chi connectivity index (χ3v) is 7.03. The smallest absolute Gasteiger partial charge is 0.260 e. The van der Waals surface area contributed by atoms with Gasteiger partial charge in [0.05, 0.1) is 28.3 Å². The maximum atomic E-state index is 11.9. The van der Waals surface area contributed by atoms with Gasteiger partial charge in [-0.2, -0.15) is 0 Å². The van der Waals surface area contributed by atoms with Gasteiger partial charge in [0.15, 0.2) is 0 Å². The number of primary amides is 1. The van der Waals surface area contributed by atoms with Crippen LogP contribution in [0.5, 0.6) is 0 Å². The molecule has 1 aliphatic rings. The van der Waals surface area contributed by atoms with E-state index in [9.17, 15) is 14.4 Å². The molecule has 3 N–H and O–H groups in total. The van der Waals surface area contributed by atoms with Crippen LogP contribution in [0.1, 0.15) is 28.5 Å². The largest absolute Gasteiger partial charge is 0.366 e. The molecule has 39 heavy (non-hydrogen) atoms. The summed E-state index contributed by atoms with van der Waals surface area (Å²) in [4.78, 5) is 44.3. The van der Waals surface area contributed by atoms with Crippen molar-refractivity contribution in [2.75, 3.05) is 13.1 Å². The summed E-state index contributed by atoms with van der Waals surface area (Å²) >= 11 is 0. The zero-order valence-corrected chi connectivity index (χ0v) is 22.1. The molecule has 2 amide bonds. The van der Waals surface area contributed by atoms with Crippen molar-refractivity contribution in [1.29, 1.82) is 0 Å². The Kier molecular flexibility index (Phi) is 6.85. The van der Waals surface area contributed by atoms with Gasteiger partial charge >= 0.3 is 0 Å². The lowest BCUT2D eigenvalue weighted by atomic mass is 9.95. The summed E-state index contributed by atoms with van der Waals surface area (Å²) in [5, 5.41) is 1.63. The van der Waals surface area contributed by atoms with E-state index in [1.54, 1.807) is 31.0 Å². The molecule has 8 heteroatoms. The fourth-order valence-electron chi connectivity index (χ4n) is 4.86. The van der Waals surface area contributed by atoms with E-state index in [0.717, 1.165) is 44.4 Å². The van der Waals surface area contributed by atoms with Crippen molar-refractivity contribution in [3.05, 3.63) is 106 Å². The lowest BCUT2D eigenvalue weighted by Gasteiger charge is -2.12. The van der Waals surface area contributed by atoms with Gasteiger partial charge in [-0.05, 0) is 53.5 Å². The Morgan fingerprint density at radius 2 is 1.72 bits per heavy atom. The zero-order valence-electron chi connectivity index (χ0n) is 22.1. The molecule has 6 rings (SSSR count). The van der Waals surface area contributed by atoms with Gasteiger partial charge in [0, 0.05) is 38.1 Å². The standard InChI is InChI=1S/C22H21N3O2.C9H8N2O/c1-13-5-3-4-6-16(13)17-7-8-18(22(23)27)21-19(17)11-20(24-21)15-9-10-25(12-15)14(2)26;1-11-6-10-8-5-3-2-4-7(8)9(11)12/h3-9,11,24H,10,12H2,1-2H3,(H2,23,27);2-6H,1H3. The Morgan fingerprint density at radius 3 is 2.44 bits per heavy atom. The van der Waals surface area contributed by atoms with Crippen LogP contribution in [0.4, 0.5) is 0 Å². The van der Waals surface area contributed by atoms with Crippen molar-refractivity contribution in [2.45, 2.75) is 13.8 Å². The Hall–Kier alpha value is -4.98. The summed E-state index contributed by atoms with van der Waals surface area (Å²) in [6.07, 6.45) is 3.58. The highest BCUT2D eigenvalue weighted by atomic mass is 16.2. The van der Waals surface area contributed by atoms with E-state index in [-0.39, 0.29) is 11.5 Å². The summed E-state index contributed by atoms with van der Waals surface area (Å²) in [6, 6.07) is 21.3. The van der Waals surface area contributed by atoms with E-state index in [1.807, 2.05) is 42.5 Å². The predicted molar refractivity (Wildman–Crippen MR) is 154 cm³/mol. The number of carbonyl (C=O) groups excluding carboxylic acids is 2. The summed E-state index contributed by atoms with van der Waals surface area (Å²) < 4.78 is 1.47. The minimum atomic E-state index is -0.463. The maximum absolute atomic E-state index is 11.9. The number of fused-ring (bicyclic) bond motifs is 2. The highest BCUT2D eigenvalue weighted by molar-refractivity contribution is 6.10. The van der Waals surface area contributed by atoms with E-state index in [0.29, 0.717) is 24.0 Å². The molecule has 2 aromatic heterocycles. The number of H-pyrrole nitrogens is 1. The van der Waals surface area contributed by atoms with Gasteiger partial charge in [-0.3, -0.25) is 14.4 Å². The molecule has 0 bridgehead atoms. The first kappa shape index (κ1) is 25.7. The molecule has 0 radical (unpaired) electrons. The van der Waals surface area contributed by atoms with Gasteiger partial charge in [-0.25, -0.2) is 4.98 Å². The molecule has 1 aliphatic heterocycles. The zero-order chi connectivity index (χ0) is 27.7. The number of nitrogens with one attached hydrogen (secondary N) is 1. The second kappa shape index (κ2) is 10.4. The van der Waals surface area contributed by atoms with Gasteiger partial charge in [0.25, 0.3) is 11.5 Å². The molecule has 0 saturated carbocycles. The average molecular weight is 520 g/mol. The number of rotatable bonds is 3. The van der Waals surface area contributed by atoms with Crippen molar-refractivity contribution in [3.63, 3.8) is 0 Å². The van der Waals surface area contributed by atoms with Gasteiger partial charge < -0.3 is 20.2 Å². The van der Waals surface area contributed by atoms with Crippen LogP contribution in [0.2, 0.25) is 0 Å². The SMILES string of the molecule is CC(=O)N1CC=C(c2cc3c(-c4ccccc4C)ccc(C(N)=O)c3[nH]2)C1.Cn1cnc2ccccc2c1=O. The monoisotopic (exact) mass is 519 g/mol.